The van der Waals surface area contributed by atoms with Crippen molar-refractivity contribution < 1.29 is 4.79 Å². The monoisotopic (exact) mass is 287 g/mol. The van der Waals surface area contributed by atoms with Gasteiger partial charge in [-0.15, -0.1) is 11.3 Å². The Morgan fingerprint density at radius 1 is 1.20 bits per heavy atom. The molecule has 3 heteroatoms. The third kappa shape index (κ3) is 3.78. The van der Waals surface area contributed by atoms with Crippen LogP contribution in [0.4, 0.5) is 0 Å². The quantitative estimate of drug-likeness (QED) is 0.746. The predicted octanol–water partition coefficient (Wildman–Crippen LogP) is 4.07. The van der Waals surface area contributed by atoms with Crippen molar-refractivity contribution in [2.45, 2.75) is 27.3 Å². The van der Waals surface area contributed by atoms with Crippen molar-refractivity contribution in [2.75, 3.05) is 13.1 Å². The number of thiophene rings is 1. The van der Waals surface area contributed by atoms with E-state index in [1.807, 2.05) is 31.2 Å². The van der Waals surface area contributed by atoms with Gasteiger partial charge in [-0.25, -0.2) is 0 Å². The zero-order valence-corrected chi connectivity index (χ0v) is 13.2. The summed E-state index contributed by atoms with van der Waals surface area (Å²) in [7, 11) is 0. The number of likely N-dealkylation sites (N-methyl/N-ethyl adjacent to an activating group) is 1. The number of nitrogens with zero attached hydrogens (tertiary/aromatic N) is 1. The third-order valence-electron chi connectivity index (χ3n) is 3.40. The first kappa shape index (κ1) is 14.9. The molecule has 0 spiro atoms. The Balaban J connectivity index is 2.03. The van der Waals surface area contributed by atoms with Crippen LogP contribution in [-0.4, -0.2) is 23.8 Å². The van der Waals surface area contributed by atoms with Crippen molar-refractivity contribution in [3.63, 3.8) is 0 Å². The van der Waals surface area contributed by atoms with Crippen molar-refractivity contribution in [3.05, 3.63) is 57.3 Å². The Kier molecular flexibility index (Phi) is 5.10. The molecular weight excluding hydrogens is 266 g/mol. The molecule has 0 aliphatic carbocycles. The Morgan fingerprint density at radius 2 is 1.90 bits per heavy atom. The van der Waals surface area contributed by atoms with Gasteiger partial charge in [0.25, 0.3) is 0 Å². The average molecular weight is 287 g/mol. The zero-order valence-electron chi connectivity index (χ0n) is 12.3. The Hall–Kier alpha value is -1.45. The van der Waals surface area contributed by atoms with Crippen molar-refractivity contribution in [1.29, 1.82) is 0 Å². The molecule has 0 unspecified atom stereocenters. The lowest BCUT2D eigenvalue weighted by Crippen LogP contribution is -2.29. The summed E-state index contributed by atoms with van der Waals surface area (Å²) in [6.45, 7) is 8.37. The second kappa shape index (κ2) is 6.82. The summed E-state index contributed by atoms with van der Waals surface area (Å²) < 4.78 is 0. The van der Waals surface area contributed by atoms with E-state index in [1.54, 1.807) is 11.3 Å². The highest BCUT2D eigenvalue weighted by Crippen LogP contribution is 2.21. The second-order valence-electron chi connectivity index (χ2n) is 5.04. The minimum absolute atomic E-state index is 0.227. The van der Waals surface area contributed by atoms with E-state index < -0.39 is 0 Å². The van der Waals surface area contributed by atoms with E-state index >= 15 is 0 Å². The van der Waals surface area contributed by atoms with E-state index in [0.29, 0.717) is 6.54 Å². The van der Waals surface area contributed by atoms with Crippen LogP contribution in [0, 0.1) is 13.8 Å². The van der Waals surface area contributed by atoms with Crippen LogP contribution in [0.5, 0.6) is 0 Å². The minimum Gasteiger partial charge on any atom is -0.293 e. The molecule has 0 N–H and O–H groups in total. The summed E-state index contributed by atoms with van der Waals surface area (Å²) >= 11 is 1.70. The summed E-state index contributed by atoms with van der Waals surface area (Å²) in [5.74, 6) is 0.227. The minimum atomic E-state index is 0.227. The van der Waals surface area contributed by atoms with Crippen molar-refractivity contribution >= 4 is 17.1 Å². The van der Waals surface area contributed by atoms with E-state index in [2.05, 4.69) is 30.9 Å². The SMILES string of the molecule is CCN(CC(=O)c1cc(C)sc1C)Cc1ccccc1. The van der Waals surface area contributed by atoms with Gasteiger partial charge in [-0.1, -0.05) is 37.3 Å². The van der Waals surface area contributed by atoms with Crippen LogP contribution in [0.15, 0.2) is 36.4 Å². The summed E-state index contributed by atoms with van der Waals surface area (Å²) in [5, 5.41) is 0. The normalized spacial score (nSPS) is 11.0. The number of benzene rings is 1. The first-order valence-electron chi connectivity index (χ1n) is 6.96. The van der Waals surface area contributed by atoms with Crippen LogP contribution in [0.2, 0.25) is 0 Å². The highest BCUT2D eigenvalue weighted by atomic mass is 32.1. The Bertz CT molecular complexity index is 574. The van der Waals surface area contributed by atoms with E-state index in [1.165, 1.54) is 10.4 Å². The number of Topliss-reactive ketones (excluding diaryl/α,β-unsaturated/α-hetero) is 1. The summed E-state index contributed by atoms with van der Waals surface area (Å²) in [4.78, 5) is 16.9. The Labute approximate surface area is 125 Å². The molecule has 0 aliphatic rings. The predicted molar refractivity (Wildman–Crippen MR) is 85.5 cm³/mol. The molecule has 2 rings (SSSR count). The first-order valence-corrected chi connectivity index (χ1v) is 7.78. The molecule has 0 saturated heterocycles. The largest absolute Gasteiger partial charge is 0.293 e. The molecule has 2 nitrogen and oxygen atoms in total. The molecule has 0 fully saturated rings. The van der Waals surface area contributed by atoms with Crippen LogP contribution in [0.25, 0.3) is 0 Å². The summed E-state index contributed by atoms with van der Waals surface area (Å²) in [6, 6.07) is 12.3. The molecule has 0 radical (unpaired) electrons. The fourth-order valence-corrected chi connectivity index (χ4v) is 3.26. The molecular formula is C17H21NOS. The maximum atomic E-state index is 12.4. The smallest absolute Gasteiger partial charge is 0.177 e. The van der Waals surface area contributed by atoms with Crippen LogP contribution in [0.1, 0.15) is 32.6 Å². The van der Waals surface area contributed by atoms with Crippen LogP contribution >= 0.6 is 11.3 Å². The lowest BCUT2D eigenvalue weighted by atomic mass is 10.1. The number of ketones is 1. The lowest BCUT2D eigenvalue weighted by Gasteiger charge is -2.19. The van der Waals surface area contributed by atoms with Gasteiger partial charge >= 0.3 is 0 Å². The van der Waals surface area contributed by atoms with Gasteiger partial charge in [0.1, 0.15) is 0 Å². The zero-order chi connectivity index (χ0) is 14.5. The summed E-state index contributed by atoms with van der Waals surface area (Å²) in [6.07, 6.45) is 0. The van der Waals surface area contributed by atoms with Gasteiger partial charge in [-0.2, -0.15) is 0 Å². The number of hydrogen-bond donors (Lipinski definition) is 0. The van der Waals surface area contributed by atoms with Gasteiger partial charge in [0.2, 0.25) is 0 Å². The van der Waals surface area contributed by atoms with Gasteiger partial charge in [0.15, 0.2) is 5.78 Å². The maximum absolute atomic E-state index is 12.4. The molecule has 0 aliphatic heterocycles. The third-order valence-corrected chi connectivity index (χ3v) is 4.37. The lowest BCUT2D eigenvalue weighted by molar-refractivity contribution is 0.0929. The molecule has 1 aromatic carbocycles. The summed E-state index contributed by atoms with van der Waals surface area (Å²) in [5.41, 5.74) is 2.14. The fraction of sp³-hybridized carbons (Fsp3) is 0.353. The highest BCUT2D eigenvalue weighted by molar-refractivity contribution is 7.12. The highest BCUT2D eigenvalue weighted by Gasteiger charge is 2.15. The topological polar surface area (TPSA) is 20.3 Å². The van der Waals surface area contributed by atoms with Gasteiger partial charge in [0.05, 0.1) is 6.54 Å². The van der Waals surface area contributed by atoms with Crippen LogP contribution in [0.3, 0.4) is 0 Å². The van der Waals surface area contributed by atoms with Crippen molar-refractivity contribution in [2.24, 2.45) is 0 Å². The molecule has 0 saturated carbocycles. The van der Waals surface area contributed by atoms with E-state index in [4.69, 9.17) is 0 Å². The molecule has 20 heavy (non-hydrogen) atoms. The number of aryl methyl sites for hydroxylation is 2. The van der Waals surface area contributed by atoms with Crippen LogP contribution < -0.4 is 0 Å². The van der Waals surface area contributed by atoms with Gasteiger partial charge in [-0.05, 0) is 32.0 Å². The standard InChI is InChI=1S/C17H21NOS/c1-4-18(11-15-8-6-5-7-9-15)12-17(19)16-10-13(2)20-14(16)3/h5-10H,4,11-12H2,1-3H3. The van der Waals surface area contributed by atoms with E-state index in [-0.39, 0.29) is 5.78 Å². The number of rotatable bonds is 6. The molecule has 2 aromatic rings. The number of hydrogen-bond acceptors (Lipinski definition) is 3. The molecule has 0 amide bonds. The van der Waals surface area contributed by atoms with Crippen LogP contribution in [-0.2, 0) is 6.54 Å². The first-order chi connectivity index (χ1) is 9.60. The van der Waals surface area contributed by atoms with Gasteiger partial charge < -0.3 is 0 Å². The molecule has 0 bridgehead atoms. The average Bonchev–Trinajstić information content (AvgIpc) is 2.78. The van der Waals surface area contributed by atoms with E-state index in [9.17, 15) is 4.79 Å². The van der Waals surface area contributed by atoms with Gasteiger partial charge in [0, 0.05) is 21.9 Å². The van der Waals surface area contributed by atoms with Crippen molar-refractivity contribution in [1.82, 2.24) is 4.90 Å². The second-order valence-corrected chi connectivity index (χ2v) is 6.50. The Morgan fingerprint density at radius 3 is 2.45 bits per heavy atom. The molecule has 0 atom stereocenters. The molecule has 1 heterocycles. The maximum Gasteiger partial charge on any atom is 0.177 e. The number of carbonyl (C=O) groups excluding carboxylic acids is 1. The van der Waals surface area contributed by atoms with E-state index in [0.717, 1.165) is 23.5 Å². The fourth-order valence-electron chi connectivity index (χ4n) is 2.32. The van der Waals surface area contributed by atoms with Crippen molar-refractivity contribution in [3.8, 4) is 0 Å². The molecule has 106 valence electrons. The van der Waals surface area contributed by atoms with Gasteiger partial charge in [-0.3, -0.25) is 9.69 Å². The molecule has 1 aromatic heterocycles. The number of carbonyl (C=O) groups is 1.